The number of nitrogens with one attached hydrogen (secondary N) is 1. The first kappa shape index (κ1) is 33.5. The lowest BCUT2D eigenvalue weighted by molar-refractivity contribution is -0.143. The lowest BCUT2D eigenvalue weighted by Crippen LogP contribution is -2.44. The van der Waals surface area contributed by atoms with Gasteiger partial charge in [-0.3, -0.25) is 4.90 Å². The van der Waals surface area contributed by atoms with Gasteiger partial charge in [0.15, 0.2) is 0 Å². The zero-order valence-corrected chi connectivity index (χ0v) is 22.3. The Labute approximate surface area is 216 Å². The maximum atomic E-state index is 11.8. The largest absolute Gasteiger partial charge is 0.480 e. The Morgan fingerprint density at radius 1 is 0.833 bits per heavy atom. The minimum absolute atomic E-state index is 0. The molecule has 0 aromatic carbocycles. The van der Waals surface area contributed by atoms with Gasteiger partial charge in [-0.15, -0.1) is 0 Å². The van der Waals surface area contributed by atoms with Crippen molar-refractivity contribution in [2.24, 2.45) is 11.8 Å². The van der Waals surface area contributed by atoms with E-state index in [0.29, 0.717) is 24.7 Å². The molecule has 2 amide bonds. The standard InChI is InChI=1S/C13H23NO4.C12H21NO4.CH4/c1-13(2,3)18-12(17)14(4)10(11(15)16)8-7-9-5-6-9;1-12(2,3)17-11(16)13-9(10(14)15)7-6-8-4-5-8;/h9-10H,5-8H2,1-4H3,(H,15,16);8-9H,4-7H2,1-3H3,(H,13,16)(H,14,15);1H4/t10-;9-;/m00./s1. The summed E-state index contributed by atoms with van der Waals surface area (Å²) in [6, 6.07) is -1.63. The highest BCUT2D eigenvalue weighted by Crippen LogP contribution is 2.35. The number of hydrogen-bond donors (Lipinski definition) is 3. The lowest BCUT2D eigenvalue weighted by Gasteiger charge is -2.28. The van der Waals surface area contributed by atoms with E-state index >= 15 is 0 Å². The summed E-state index contributed by atoms with van der Waals surface area (Å²) in [5.74, 6) is -0.670. The average molecular weight is 517 g/mol. The Morgan fingerprint density at radius 2 is 1.28 bits per heavy atom. The van der Waals surface area contributed by atoms with E-state index in [-0.39, 0.29) is 7.43 Å². The summed E-state index contributed by atoms with van der Waals surface area (Å²) in [7, 11) is 1.49. The van der Waals surface area contributed by atoms with Crippen LogP contribution in [0.1, 0.15) is 100 Å². The van der Waals surface area contributed by atoms with Gasteiger partial charge in [-0.2, -0.15) is 0 Å². The highest BCUT2D eigenvalue weighted by atomic mass is 16.6. The molecule has 10 nitrogen and oxygen atoms in total. The molecule has 210 valence electrons. The molecule has 2 saturated carbocycles. The summed E-state index contributed by atoms with van der Waals surface area (Å²) < 4.78 is 10.2. The summed E-state index contributed by atoms with van der Waals surface area (Å²) in [6.45, 7) is 10.5. The topological polar surface area (TPSA) is 142 Å². The van der Waals surface area contributed by atoms with Crippen LogP contribution in [-0.2, 0) is 19.1 Å². The Balaban J connectivity index is 0.000000663. The predicted octanol–water partition coefficient (Wildman–Crippen LogP) is 5.29. The molecule has 0 heterocycles. The molecule has 10 heteroatoms. The second-order valence-electron chi connectivity index (χ2n) is 11.5. The van der Waals surface area contributed by atoms with Gasteiger partial charge in [0, 0.05) is 7.05 Å². The van der Waals surface area contributed by atoms with E-state index in [1.807, 2.05) is 0 Å². The second kappa shape index (κ2) is 14.3. The third kappa shape index (κ3) is 15.5. The number of amides is 2. The monoisotopic (exact) mass is 516 g/mol. The third-order valence-corrected chi connectivity index (χ3v) is 5.53. The van der Waals surface area contributed by atoms with Crippen LogP contribution < -0.4 is 5.32 Å². The van der Waals surface area contributed by atoms with Gasteiger partial charge in [-0.25, -0.2) is 19.2 Å². The fourth-order valence-corrected chi connectivity index (χ4v) is 3.26. The SMILES string of the molecule is C.CC(C)(C)OC(=O)N[C@@H](CCC1CC1)C(=O)O.CN(C(=O)OC(C)(C)C)[C@@H](CCC1CC1)C(=O)O. The number of carbonyl (C=O) groups is 4. The summed E-state index contributed by atoms with van der Waals surface area (Å²) in [5.41, 5.74) is -1.21. The van der Waals surface area contributed by atoms with Crippen molar-refractivity contribution in [2.75, 3.05) is 7.05 Å². The van der Waals surface area contributed by atoms with E-state index in [1.165, 1.54) is 37.6 Å². The van der Waals surface area contributed by atoms with Crippen LogP contribution in [0.25, 0.3) is 0 Å². The Morgan fingerprint density at radius 3 is 1.64 bits per heavy atom. The molecule has 2 rings (SSSR count). The van der Waals surface area contributed by atoms with Crippen LogP contribution in [0.5, 0.6) is 0 Å². The average Bonchev–Trinajstić information content (AvgIpc) is 3.57. The molecule has 2 fully saturated rings. The first-order valence-corrected chi connectivity index (χ1v) is 12.4. The molecule has 2 aliphatic carbocycles. The number of carboxylic acid groups (broad SMARTS) is 2. The van der Waals surface area contributed by atoms with E-state index in [4.69, 9.17) is 14.6 Å². The Hall–Kier alpha value is -2.52. The van der Waals surface area contributed by atoms with Crippen molar-refractivity contribution in [3.63, 3.8) is 0 Å². The zero-order valence-electron chi connectivity index (χ0n) is 22.3. The minimum atomic E-state index is -1.00. The van der Waals surface area contributed by atoms with Crippen molar-refractivity contribution in [3.05, 3.63) is 0 Å². The van der Waals surface area contributed by atoms with E-state index in [1.54, 1.807) is 41.5 Å². The van der Waals surface area contributed by atoms with Gasteiger partial charge >= 0.3 is 24.1 Å². The highest BCUT2D eigenvalue weighted by Gasteiger charge is 2.32. The van der Waals surface area contributed by atoms with E-state index in [9.17, 15) is 24.3 Å². The molecule has 0 aromatic rings. The van der Waals surface area contributed by atoms with E-state index in [0.717, 1.165) is 12.8 Å². The van der Waals surface area contributed by atoms with Crippen LogP contribution in [-0.4, -0.2) is 69.6 Å². The number of aliphatic carboxylic acids is 2. The van der Waals surface area contributed by atoms with Gasteiger partial charge in [0.1, 0.15) is 23.3 Å². The molecule has 0 aliphatic heterocycles. The normalized spacial score (nSPS) is 16.8. The highest BCUT2D eigenvalue weighted by molar-refractivity contribution is 5.80. The van der Waals surface area contributed by atoms with Crippen LogP contribution in [0.2, 0.25) is 0 Å². The molecule has 2 aliphatic rings. The molecule has 36 heavy (non-hydrogen) atoms. The molecule has 0 bridgehead atoms. The number of alkyl carbamates (subject to hydrolysis) is 1. The number of nitrogens with zero attached hydrogens (tertiary/aromatic N) is 1. The lowest BCUT2D eigenvalue weighted by atomic mass is 10.1. The van der Waals surface area contributed by atoms with Crippen molar-refractivity contribution in [3.8, 4) is 0 Å². The second-order valence-corrected chi connectivity index (χ2v) is 11.5. The maximum Gasteiger partial charge on any atom is 0.410 e. The molecule has 0 saturated heterocycles. The van der Waals surface area contributed by atoms with E-state index in [2.05, 4.69) is 5.32 Å². The molecular weight excluding hydrogens is 468 g/mol. The summed E-state index contributed by atoms with van der Waals surface area (Å²) in [5, 5.41) is 20.6. The number of likely N-dealkylation sites (N-methyl/N-ethyl adjacent to an activating group) is 1. The van der Waals surface area contributed by atoms with Gasteiger partial charge < -0.3 is 25.0 Å². The Kier molecular flexibility index (Phi) is 13.3. The van der Waals surface area contributed by atoms with Crippen LogP contribution in [0, 0.1) is 11.8 Å². The van der Waals surface area contributed by atoms with E-state index < -0.39 is 47.4 Å². The van der Waals surface area contributed by atoms with Crippen molar-refractivity contribution in [1.82, 2.24) is 10.2 Å². The molecule has 3 N–H and O–H groups in total. The fourth-order valence-electron chi connectivity index (χ4n) is 3.26. The van der Waals surface area contributed by atoms with Crippen LogP contribution >= 0.6 is 0 Å². The van der Waals surface area contributed by atoms with Crippen molar-refractivity contribution < 1.29 is 38.9 Å². The molecule has 0 spiro atoms. The van der Waals surface area contributed by atoms with Gasteiger partial charge in [-0.1, -0.05) is 33.1 Å². The number of carboxylic acids is 2. The summed E-state index contributed by atoms with van der Waals surface area (Å²) in [6.07, 6.45) is 6.17. The summed E-state index contributed by atoms with van der Waals surface area (Å²) in [4.78, 5) is 46.6. The van der Waals surface area contributed by atoms with Crippen molar-refractivity contribution in [2.45, 2.75) is 124 Å². The number of carbonyl (C=O) groups excluding carboxylic acids is 2. The zero-order chi connectivity index (χ0) is 27.0. The van der Waals surface area contributed by atoms with Crippen LogP contribution in [0.15, 0.2) is 0 Å². The molecule has 0 aromatic heterocycles. The number of hydrogen-bond acceptors (Lipinski definition) is 6. The Bertz CT molecular complexity index is 733. The minimum Gasteiger partial charge on any atom is -0.480 e. The van der Waals surface area contributed by atoms with Gasteiger partial charge in [0.05, 0.1) is 0 Å². The fraction of sp³-hybridized carbons (Fsp3) is 0.846. The molecule has 0 radical (unpaired) electrons. The van der Waals surface area contributed by atoms with Crippen LogP contribution in [0.4, 0.5) is 9.59 Å². The third-order valence-electron chi connectivity index (χ3n) is 5.53. The quantitative estimate of drug-likeness (QED) is 0.355. The first-order chi connectivity index (χ1) is 16.0. The van der Waals surface area contributed by atoms with Gasteiger partial charge in [0.25, 0.3) is 0 Å². The van der Waals surface area contributed by atoms with Crippen molar-refractivity contribution >= 4 is 24.1 Å². The van der Waals surface area contributed by atoms with Gasteiger partial charge in [-0.05, 0) is 79.1 Å². The number of rotatable bonds is 10. The number of ether oxygens (including phenoxy) is 2. The maximum absolute atomic E-state index is 11.8. The summed E-state index contributed by atoms with van der Waals surface area (Å²) >= 11 is 0. The van der Waals surface area contributed by atoms with Crippen LogP contribution in [0.3, 0.4) is 0 Å². The molecule has 2 atom stereocenters. The predicted molar refractivity (Wildman–Crippen MR) is 137 cm³/mol. The smallest absolute Gasteiger partial charge is 0.410 e. The molecule has 0 unspecified atom stereocenters. The van der Waals surface area contributed by atoms with Crippen molar-refractivity contribution in [1.29, 1.82) is 0 Å². The molecular formula is C26H48N2O8. The first-order valence-electron chi connectivity index (χ1n) is 12.4. The van der Waals surface area contributed by atoms with Gasteiger partial charge in [0.2, 0.25) is 0 Å².